The maximum absolute atomic E-state index is 10.8. The highest BCUT2D eigenvalue weighted by molar-refractivity contribution is 6.62. The van der Waals surface area contributed by atoms with Crippen LogP contribution in [0.3, 0.4) is 0 Å². The standard InChI is InChI=1S/2C14H11BO5/c2*16-14(17)9-1-3-11(4-2-9)20-12-5-6-13-10(7-12)8-19-15(13)18/h2*1-7,18H,8H2,(H,16,17). The molecular formula is C28H22B2O10. The summed E-state index contributed by atoms with van der Waals surface area (Å²) in [6.45, 7) is 0.706. The van der Waals surface area contributed by atoms with E-state index in [4.69, 9.17) is 29.0 Å². The van der Waals surface area contributed by atoms with Gasteiger partial charge in [-0.05, 0) is 94.8 Å². The van der Waals surface area contributed by atoms with Crippen LogP contribution in [0.2, 0.25) is 0 Å². The van der Waals surface area contributed by atoms with Crippen molar-refractivity contribution in [2.24, 2.45) is 0 Å². The number of carbonyl (C=O) groups is 2. The normalized spacial score (nSPS) is 13.2. The average Bonchev–Trinajstić information content (AvgIpc) is 3.51. The molecule has 0 radical (unpaired) electrons. The van der Waals surface area contributed by atoms with Crippen molar-refractivity contribution in [3.63, 3.8) is 0 Å². The fourth-order valence-electron chi connectivity index (χ4n) is 4.14. The molecule has 4 N–H and O–H groups in total. The topological polar surface area (TPSA) is 152 Å². The molecule has 40 heavy (non-hydrogen) atoms. The van der Waals surface area contributed by atoms with E-state index in [0.29, 0.717) is 36.2 Å². The van der Waals surface area contributed by atoms with Gasteiger partial charge in [0.05, 0.1) is 24.3 Å². The fourth-order valence-corrected chi connectivity index (χ4v) is 4.14. The monoisotopic (exact) mass is 540 g/mol. The Morgan fingerprint density at radius 1 is 0.575 bits per heavy atom. The summed E-state index contributed by atoms with van der Waals surface area (Å²) >= 11 is 0. The van der Waals surface area contributed by atoms with Gasteiger partial charge in [0.2, 0.25) is 0 Å². The lowest BCUT2D eigenvalue weighted by Gasteiger charge is -2.07. The number of hydrogen-bond acceptors (Lipinski definition) is 8. The van der Waals surface area contributed by atoms with Gasteiger partial charge >= 0.3 is 26.2 Å². The Hall–Kier alpha value is -4.61. The molecule has 0 saturated heterocycles. The van der Waals surface area contributed by atoms with Crippen LogP contribution in [-0.2, 0) is 22.5 Å². The van der Waals surface area contributed by atoms with Gasteiger partial charge in [0.25, 0.3) is 0 Å². The van der Waals surface area contributed by atoms with Crippen LogP contribution in [-0.4, -0.2) is 46.4 Å². The van der Waals surface area contributed by atoms with Gasteiger partial charge < -0.3 is 39.0 Å². The molecule has 2 aliphatic rings. The lowest BCUT2D eigenvalue weighted by molar-refractivity contribution is 0.0686. The summed E-state index contributed by atoms with van der Waals surface area (Å²) < 4.78 is 21.5. The van der Waals surface area contributed by atoms with Gasteiger partial charge in [-0.1, -0.05) is 12.1 Å². The zero-order valence-electron chi connectivity index (χ0n) is 20.9. The molecule has 0 amide bonds. The molecule has 0 atom stereocenters. The number of ether oxygens (including phenoxy) is 2. The van der Waals surface area contributed by atoms with Gasteiger partial charge in [-0.2, -0.15) is 0 Å². The lowest BCUT2D eigenvalue weighted by atomic mass is 9.80. The first-order valence-corrected chi connectivity index (χ1v) is 12.1. The van der Waals surface area contributed by atoms with Crippen molar-refractivity contribution in [3.05, 3.63) is 107 Å². The minimum atomic E-state index is -0.972. The van der Waals surface area contributed by atoms with E-state index in [9.17, 15) is 19.6 Å². The van der Waals surface area contributed by atoms with E-state index in [0.717, 1.165) is 22.1 Å². The first-order chi connectivity index (χ1) is 19.3. The maximum atomic E-state index is 10.8. The Morgan fingerprint density at radius 2 is 0.925 bits per heavy atom. The Balaban J connectivity index is 0.000000161. The molecule has 6 rings (SSSR count). The van der Waals surface area contributed by atoms with E-state index < -0.39 is 26.2 Å². The van der Waals surface area contributed by atoms with Crippen LogP contribution in [0.4, 0.5) is 0 Å². The first kappa shape index (κ1) is 27.0. The summed E-state index contributed by atoms with van der Waals surface area (Å²) in [5.74, 6) is 0.387. The van der Waals surface area contributed by atoms with E-state index in [1.807, 2.05) is 0 Å². The van der Waals surface area contributed by atoms with E-state index in [1.54, 1.807) is 60.7 Å². The van der Waals surface area contributed by atoms with Crippen molar-refractivity contribution in [2.75, 3.05) is 0 Å². The second kappa shape index (κ2) is 11.6. The van der Waals surface area contributed by atoms with E-state index >= 15 is 0 Å². The van der Waals surface area contributed by atoms with Gasteiger partial charge in [0, 0.05) is 0 Å². The Bertz CT molecular complexity index is 1420. The van der Waals surface area contributed by atoms with Crippen LogP contribution in [0.25, 0.3) is 0 Å². The number of hydrogen-bond donors (Lipinski definition) is 4. The fraction of sp³-hybridized carbons (Fsp3) is 0.0714. The van der Waals surface area contributed by atoms with Crippen LogP contribution in [0.5, 0.6) is 23.0 Å². The zero-order chi connectivity index (χ0) is 28.2. The number of benzene rings is 4. The van der Waals surface area contributed by atoms with Crippen molar-refractivity contribution < 1.29 is 48.6 Å². The van der Waals surface area contributed by atoms with Gasteiger partial charge in [-0.3, -0.25) is 0 Å². The molecule has 4 aromatic carbocycles. The third-order valence-electron chi connectivity index (χ3n) is 6.23. The Kier molecular flexibility index (Phi) is 7.85. The molecule has 0 aliphatic carbocycles. The van der Waals surface area contributed by atoms with E-state index in [2.05, 4.69) is 0 Å². The number of aromatic carboxylic acids is 2. The molecule has 0 unspecified atom stereocenters. The predicted molar refractivity (Wildman–Crippen MR) is 145 cm³/mol. The Labute approximate surface area is 229 Å². The quantitative estimate of drug-likeness (QED) is 0.269. The van der Waals surface area contributed by atoms with Crippen LogP contribution >= 0.6 is 0 Å². The van der Waals surface area contributed by atoms with Gasteiger partial charge in [0.15, 0.2) is 0 Å². The predicted octanol–water partition coefficient (Wildman–Crippen LogP) is 2.79. The van der Waals surface area contributed by atoms with Crippen molar-refractivity contribution in [2.45, 2.75) is 13.2 Å². The van der Waals surface area contributed by atoms with Crippen LogP contribution < -0.4 is 20.4 Å². The number of carboxylic acid groups (broad SMARTS) is 2. The number of fused-ring (bicyclic) bond motifs is 2. The summed E-state index contributed by atoms with van der Waals surface area (Å²) in [5.41, 5.74) is 3.69. The third-order valence-corrected chi connectivity index (χ3v) is 6.23. The number of rotatable bonds is 6. The van der Waals surface area contributed by atoms with Gasteiger partial charge in [-0.25, -0.2) is 9.59 Å². The van der Waals surface area contributed by atoms with E-state index in [-0.39, 0.29) is 11.1 Å². The van der Waals surface area contributed by atoms with Crippen molar-refractivity contribution >= 4 is 37.1 Å². The average molecular weight is 540 g/mol. The smallest absolute Gasteiger partial charge is 0.478 e. The summed E-state index contributed by atoms with van der Waals surface area (Å²) in [6.07, 6.45) is 0. The lowest BCUT2D eigenvalue weighted by Crippen LogP contribution is -2.27. The SMILES string of the molecule is O=C(O)c1ccc(Oc2ccc3c(c2)COB3O)cc1.O=C(O)c1ccc(Oc2ccc3c(c2)COB3O)cc1. The molecule has 10 nitrogen and oxygen atoms in total. The molecule has 12 heteroatoms. The summed E-state index contributed by atoms with van der Waals surface area (Å²) in [4.78, 5) is 21.5. The molecule has 0 bridgehead atoms. The third kappa shape index (κ3) is 6.16. The summed E-state index contributed by atoms with van der Waals surface area (Å²) in [6, 6.07) is 22.9. The largest absolute Gasteiger partial charge is 0.491 e. The first-order valence-electron chi connectivity index (χ1n) is 12.1. The Morgan fingerprint density at radius 3 is 1.27 bits per heavy atom. The highest BCUT2D eigenvalue weighted by Crippen LogP contribution is 2.25. The minimum absolute atomic E-state index is 0.211. The maximum Gasteiger partial charge on any atom is 0.491 e. The molecular weight excluding hydrogens is 518 g/mol. The minimum Gasteiger partial charge on any atom is -0.478 e. The van der Waals surface area contributed by atoms with Crippen LogP contribution in [0.15, 0.2) is 84.9 Å². The van der Waals surface area contributed by atoms with Crippen LogP contribution in [0, 0.1) is 0 Å². The second-order valence-electron chi connectivity index (χ2n) is 8.91. The van der Waals surface area contributed by atoms with Crippen molar-refractivity contribution in [1.82, 2.24) is 0 Å². The van der Waals surface area contributed by atoms with Gasteiger partial charge in [-0.15, -0.1) is 0 Å². The van der Waals surface area contributed by atoms with Crippen molar-refractivity contribution in [3.8, 4) is 23.0 Å². The molecule has 2 heterocycles. The van der Waals surface area contributed by atoms with E-state index in [1.165, 1.54) is 24.3 Å². The number of carboxylic acids is 2. The zero-order valence-corrected chi connectivity index (χ0v) is 20.9. The molecule has 0 spiro atoms. The summed E-state index contributed by atoms with van der Waals surface area (Å²) in [7, 11) is -1.73. The second-order valence-corrected chi connectivity index (χ2v) is 8.91. The molecule has 0 saturated carbocycles. The van der Waals surface area contributed by atoms with Crippen molar-refractivity contribution in [1.29, 1.82) is 0 Å². The van der Waals surface area contributed by atoms with Crippen LogP contribution in [0.1, 0.15) is 31.8 Å². The molecule has 0 fully saturated rings. The molecule has 2 aliphatic heterocycles. The summed E-state index contributed by atoms with van der Waals surface area (Å²) in [5, 5.41) is 36.7. The highest BCUT2D eigenvalue weighted by atomic mass is 16.5. The molecule has 4 aromatic rings. The van der Waals surface area contributed by atoms with Gasteiger partial charge in [0.1, 0.15) is 23.0 Å². The highest BCUT2D eigenvalue weighted by Gasteiger charge is 2.28. The molecule has 200 valence electrons. The molecule has 0 aromatic heterocycles.